The molecule has 1 aromatic carbocycles. The number of para-hydroxylation sites is 2. The predicted octanol–water partition coefficient (Wildman–Crippen LogP) is 2.22. The van der Waals surface area contributed by atoms with Crippen molar-refractivity contribution in [3.8, 4) is 0 Å². The van der Waals surface area contributed by atoms with Crippen LogP contribution in [0.4, 0.5) is 0 Å². The Morgan fingerprint density at radius 2 is 2.16 bits per heavy atom. The Bertz CT molecular complexity index is 920. The van der Waals surface area contributed by atoms with Crippen LogP contribution in [-0.2, 0) is 24.3 Å². The first-order valence-electron chi connectivity index (χ1n) is 8.41. The molecule has 2 N–H and O–H groups in total. The molecule has 0 bridgehead atoms. The van der Waals surface area contributed by atoms with Gasteiger partial charge in [0.25, 0.3) is 0 Å². The summed E-state index contributed by atoms with van der Waals surface area (Å²) in [7, 11) is 0. The molecule has 1 amide bonds. The molecule has 0 fully saturated rings. The third-order valence-corrected chi connectivity index (χ3v) is 3.93. The van der Waals surface area contributed by atoms with E-state index in [1.54, 1.807) is 4.57 Å². The van der Waals surface area contributed by atoms with E-state index in [0.29, 0.717) is 24.8 Å². The first-order valence-corrected chi connectivity index (χ1v) is 8.41. The van der Waals surface area contributed by atoms with Gasteiger partial charge in [0.1, 0.15) is 0 Å². The molecule has 0 aliphatic heterocycles. The molecule has 0 saturated carbocycles. The number of imidazole rings is 1. The molecule has 0 aliphatic rings. The molecule has 25 heavy (non-hydrogen) atoms. The van der Waals surface area contributed by atoms with Gasteiger partial charge in [0.15, 0.2) is 5.76 Å². The second kappa shape index (κ2) is 7.38. The molecule has 0 unspecified atom stereocenters. The summed E-state index contributed by atoms with van der Waals surface area (Å²) in [5, 5.41) is 6.79. The summed E-state index contributed by atoms with van der Waals surface area (Å²) in [4.78, 5) is 26.8. The van der Waals surface area contributed by atoms with E-state index in [1.807, 2.05) is 30.3 Å². The van der Waals surface area contributed by atoms with Crippen LogP contribution >= 0.6 is 0 Å². The number of hydrogen-bond donors (Lipinski definition) is 2. The minimum Gasteiger partial charge on any atom is -0.359 e. The Morgan fingerprint density at radius 1 is 1.36 bits per heavy atom. The van der Waals surface area contributed by atoms with Crippen molar-refractivity contribution in [3.63, 3.8) is 0 Å². The van der Waals surface area contributed by atoms with Crippen molar-refractivity contribution < 1.29 is 9.32 Å². The monoisotopic (exact) mass is 342 g/mol. The third kappa shape index (κ3) is 4.17. The first-order chi connectivity index (χ1) is 12.0. The standard InChI is InChI=1S/C18H22N4O3/c1-12(2)9-13-10-14(25-21-13)11-19-17(23)7-8-22-16-6-4-3-5-15(16)20-18(22)24/h3-6,10,12H,7-9,11H2,1-2H3,(H,19,23)(H,20,24). The fourth-order valence-corrected chi connectivity index (χ4v) is 2.77. The number of rotatable bonds is 7. The number of amides is 1. The topological polar surface area (TPSA) is 92.9 Å². The van der Waals surface area contributed by atoms with Crippen molar-refractivity contribution in [2.75, 3.05) is 0 Å². The number of benzene rings is 1. The van der Waals surface area contributed by atoms with Gasteiger partial charge in [-0.15, -0.1) is 0 Å². The molecule has 7 nitrogen and oxygen atoms in total. The molecular weight excluding hydrogens is 320 g/mol. The number of fused-ring (bicyclic) bond motifs is 1. The number of hydrogen-bond acceptors (Lipinski definition) is 4. The van der Waals surface area contributed by atoms with Crippen LogP contribution in [0.3, 0.4) is 0 Å². The number of nitrogens with one attached hydrogen (secondary N) is 2. The van der Waals surface area contributed by atoms with E-state index >= 15 is 0 Å². The molecule has 0 aliphatic carbocycles. The molecule has 0 saturated heterocycles. The van der Waals surface area contributed by atoms with Gasteiger partial charge in [0.05, 0.1) is 23.3 Å². The van der Waals surface area contributed by atoms with Crippen molar-refractivity contribution in [1.29, 1.82) is 0 Å². The summed E-state index contributed by atoms with van der Waals surface area (Å²) in [6.45, 7) is 4.85. The summed E-state index contributed by atoms with van der Waals surface area (Å²) in [5.41, 5.74) is 2.26. The van der Waals surface area contributed by atoms with Crippen molar-refractivity contribution in [2.45, 2.75) is 39.8 Å². The lowest BCUT2D eigenvalue weighted by molar-refractivity contribution is -0.121. The second-order valence-corrected chi connectivity index (χ2v) is 6.51. The van der Waals surface area contributed by atoms with E-state index in [9.17, 15) is 9.59 Å². The molecule has 3 rings (SSSR count). The zero-order chi connectivity index (χ0) is 17.8. The van der Waals surface area contributed by atoms with E-state index in [-0.39, 0.29) is 18.0 Å². The van der Waals surface area contributed by atoms with Crippen LogP contribution in [0, 0.1) is 5.92 Å². The highest BCUT2D eigenvalue weighted by molar-refractivity contribution is 5.77. The Balaban J connectivity index is 1.53. The van der Waals surface area contributed by atoms with Crippen LogP contribution in [0.25, 0.3) is 11.0 Å². The van der Waals surface area contributed by atoms with E-state index in [1.165, 1.54) is 0 Å². The predicted molar refractivity (Wildman–Crippen MR) is 94.1 cm³/mol. The highest BCUT2D eigenvalue weighted by atomic mass is 16.5. The minimum atomic E-state index is -0.206. The van der Waals surface area contributed by atoms with Crippen LogP contribution in [0.15, 0.2) is 39.6 Å². The summed E-state index contributed by atoms with van der Waals surface area (Å²) in [6.07, 6.45) is 1.07. The highest BCUT2D eigenvalue weighted by Crippen LogP contribution is 2.10. The minimum absolute atomic E-state index is 0.140. The van der Waals surface area contributed by atoms with E-state index < -0.39 is 0 Å². The number of aromatic nitrogens is 3. The lowest BCUT2D eigenvalue weighted by Crippen LogP contribution is -2.26. The van der Waals surface area contributed by atoms with Crippen molar-refractivity contribution in [3.05, 3.63) is 52.3 Å². The molecule has 0 spiro atoms. The Hall–Kier alpha value is -2.83. The largest absolute Gasteiger partial charge is 0.359 e. The van der Waals surface area contributed by atoms with Gasteiger partial charge in [-0.25, -0.2) is 4.79 Å². The van der Waals surface area contributed by atoms with Gasteiger partial charge in [-0.05, 0) is 24.5 Å². The zero-order valence-corrected chi connectivity index (χ0v) is 14.4. The summed E-state index contributed by atoms with van der Waals surface area (Å²) >= 11 is 0. The number of carbonyl (C=O) groups excluding carboxylic acids is 1. The average Bonchev–Trinajstić information content (AvgIpc) is 3.14. The molecule has 2 heterocycles. The zero-order valence-electron chi connectivity index (χ0n) is 14.4. The highest BCUT2D eigenvalue weighted by Gasteiger charge is 2.10. The third-order valence-electron chi connectivity index (χ3n) is 3.93. The maximum Gasteiger partial charge on any atom is 0.326 e. The molecule has 0 radical (unpaired) electrons. The van der Waals surface area contributed by atoms with Crippen molar-refractivity contribution in [2.24, 2.45) is 5.92 Å². The van der Waals surface area contributed by atoms with Crippen molar-refractivity contribution in [1.82, 2.24) is 20.0 Å². The van der Waals surface area contributed by atoms with E-state index in [0.717, 1.165) is 23.1 Å². The van der Waals surface area contributed by atoms with E-state index in [4.69, 9.17) is 4.52 Å². The average molecular weight is 342 g/mol. The quantitative estimate of drug-likeness (QED) is 0.688. The summed E-state index contributed by atoms with van der Waals surface area (Å²) < 4.78 is 6.79. The molecule has 0 atom stereocenters. The SMILES string of the molecule is CC(C)Cc1cc(CNC(=O)CCn2c(=O)[nH]c3ccccc32)on1. The summed E-state index contributed by atoms with van der Waals surface area (Å²) in [6, 6.07) is 9.29. The van der Waals surface area contributed by atoms with Crippen molar-refractivity contribution >= 4 is 16.9 Å². The maximum atomic E-state index is 12.0. The lowest BCUT2D eigenvalue weighted by Gasteiger charge is -2.04. The van der Waals surface area contributed by atoms with Crippen LogP contribution in [0.2, 0.25) is 0 Å². The molecular formula is C18H22N4O3. The number of H-pyrrole nitrogens is 1. The Labute approximate surface area is 145 Å². The number of nitrogens with zero attached hydrogens (tertiary/aromatic N) is 2. The maximum absolute atomic E-state index is 12.0. The fraction of sp³-hybridized carbons (Fsp3) is 0.389. The second-order valence-electron chi connectivity index (χ2n) is 6.51. The van der Waals surface area contributed by atoms with Gasteiger partial charge in [-0.1, -0.05) is 31.1 Å². The number of aromatic amines is 1. The van der Waals surface area contributed by atoms with E-state index in [2.05, 4.69) is 29.3 Å². The van der Waals surface area contributed by atoms with Gasteiger partial charge in [-0.2, -0.15) is 0 Å². The number of aryl methyl sites for hydroxylation is 1. The first kappa shape index (κ1) is 17.0. The Kier molecular flexibility index (Phi) is 5.02. The summed E-state index contributed by atoms with van der Waals surface area (Å²) in [5.74, 6) is 0.995. The van der Waals surface area contributed by atoms with Gasteiger partial charge in [0, 0.05) is 19.0 Å². The Morgan fingerprint density at radius 3 is 2.96 bits per heavy atom. The molecule has 7 heteroatoms. The smallest absolute Gasteiger partial charge is 0.326 e. The van der Waals surface area contributed by atoms with Gasteiger partial charge in [0.2, 0.25) is 5.91 Å². The van der Waals surface area contributed by atoms with Crippen LogP contribution in [0.5, 0.6) is 0 Å². The fourth-order valence-electron chi connectivity index (χ4n) is 2.77. The number of carbonyl (C=O) groups is 1. The van der Waals surface area contributed by atoms with Gasteiger partial charge < -0.3 is 14.8 Å². The van der Waals surface area contributed by atoms with Crippen LogP contribution in [0.1, 0.15) is 31.7 Å². The van der Waals surface area contributed by atoms with Crippen LogP contribution in [-0.4, -0.2) is 20.6 Å². The lowest BCUT2D eigenvalue weighted by atomic mass is 10.1. The van der Waals surface area contributed by atoms with Crippen LogP contribution < -0.4 is 11.0 Å². The molecule has 3 aromatic rings. The molecule has 2 aromatic heterocycles. The molecule has 132 valence electrons. The van der Waals surface area contributed by atoms with Gasteiger partial charge in [-0.3, -0.25) is 9.36 Å². The normalized spacial score (nSPS) is 11.3. The van der Waals surface area contributed by atoms with Gasteiger partial charge >= 0.3 is 5.69 Å².